The molecule has 2 aromatic carbocycles. The largest absolute Gasteiger partial charge is 0.497 e. The van der Waals surface area contributed by atoms with Crippen LogP contribution in [0.2, 0.25) is 0 Å². The molecule has 1 heterocycles. The molecule has 3 amide bonds. The monoisotopic (exact) mass is 449 g/mol. The van der Waals surface area contributed by atoms with Gasteiger partial charge >= 0.3 is 0 Å². The van der Waals surface area contributed by atoms with Gasteiger partial charge in [-0.1, -0.05) is 25.3 Å². The summed E-state index contributed by atoms with van der Waals surface area (Å²) >= 11 is 0. The Morgan fingerprint density at radius 2 is 1.67 bits per heavy atom. The third kappa shape index (κ3) is 5.53. The predicted molar refractivity (Wildman–Crippen MR) is 126 cm³/mol. The zero-order valence-corrected chi connectivity index (χ0v) is 19.0. The van der Waals surface area contributed by atoms with Gasteiger partial charge in [0.2, 0.25) is 5.91 Å². The maximum absolute atomic E-state index is 13.3. The number of hydrogen-bond acceptors (Lipinski definition) is 4. The van der Waals surface area contributed by atoms with E-state index in [4.69, 9.17) is 4.74 Å². The third-order valence-electron chi connectivity index (χ3n) is 6.49. The van der Waals surface area contributed by atoms with E-state index in [1.165, 1.54) is 6.42 Å². The number of hydrogen-bond donors (Lipinski definition) is 2. The maximum atomic E-state index is 13.3. The summed E-state index contributed by atoms with van der Waals surface area (Å²) < 4.78 is 5.12. The number of carbonyl (C=O) groups excluding carboxylic acids is 3. The van der Waals surface area contributed by atoms with Gasteiger partial charge in [-0.2, -0.15) is 0 Å². The van der Waals surface area contributed by atoms with Gasteiger partial charge in [-0.05, 0) is 68.1 Å². The standard InChI is InChI=1S/C26H31N3O4/c1-33-22-14-12-18(13-15-22)24(30)28-21-10-5-7-19(17-21)26(32)29-16-6-11-23(29)25(31)27-20-8-3-2-4-9-20/h5,7,10,12-15,17,20,23H,2-4,6,8-9,11,16H2,1H3,(H,27,31)(H,28,30). The van der Waals surface area contributed by atoms with Crippen molar-refractivity contribution in [3.63, 3.8) is 0 Å². The van der Waals surface area contributed by atoms with Crippen molar-refractivity contribution in [2.24, 2.45) is 0 Å². The van der Waals surface area contributed by atoms with E-state index in [1.54, 1.807) is 60.5 Å². The van der Waals surface area contributed by atoms with Crippen LogP contribution in [0.15, 0.2) is 48.5 Å². The van der Waals surface area contributed by atoms with E-state index in [0.717, 1.165) is 32.1 Å². The molecule has 174 valence electrons. The molecule has 1 unspecified atom stereocenters. The second-order valence-electron chi connectivity index (χ2n) is 8.76. The van der Waals surface area contributed by atoms with Gasteiger partial charge in [0, 0.05) is 29.4 Å². The molecule has 4 rings (SSSR count). The number of methoxy groups -OCH3 is 1. The summed E-state index contributed by atoms with van der Waals surface area (Å²) in [4.78, 5) is 40.4. The smallest absolute Gasteiger partial charge is 0.255 e. The number of carbonyl (C=O) groups is 3. The molecular formula is C26H31N3O4. The fourth-order valence-electron chi connectivity index (χ4n) is 4.67. The van der Waals surface area contributed by atoms with Crippen LogP contribution < -0.4 is 15.4 Å². The lowest BCUT2D eigenvalue weighted by atomic mass is 9.95. The van der Waals surface area contributed by atoms with Gasteiger partial charge in [0.15, 0.2) is 0 Å². The number of nitrogens with one attached hydrogen (secondary N) is 2. The van der Waals surface area contributed by atoms with Crippen LogP contribution in [-0.4, -0.2) is 48.4 Å². The van der Waals surface area contributed by atoms with Crippen molar-refractivity contribution in [1.82, 2.24) is 10.2 Å². The first-order valence-electron chi connectivity index (χ1n) is 11.7. The second kappa shape index (κ2) is 10.5. The average Bonchev–Trinajstić information content (AvgIpc) is 3.34. The van der Waals surface area contributed by atoms with Gasteiger partial charge in [-0.25, -0.2) is 0 Å². The second-order valence-corrected chi connectivity index (χ2v) is 8.76. The number of nitrogens with zero attached hydrogens (tertiary/aromatic N) is 1. The van der Waals surface area contributed by atoms with Crippen molar-refractivity contribution < 1.29 is 19.1 Å². The Morgan fingerprint density at radius 3 is 2.39 bits per heavy atom. The molecule has 1 saturated heterocycles. The Kier molecular flexibility index (Phi) is 7.27. The predicted octanol–water partition coefficient (Wildman–Crippen LogP) is 4.00. The van der Waals surface area contributed by atoms with Gasteiger partial charge in [0.1, 0.15) is 11.8 Å². The zero-order valence-electron chi connectivity index (χ0n) is 19.0. The molecule has 1 aliphatic heterocycles. The summed E-state index contributed by atoms with van der Waals surface area (Å²) in [6.07, 6.45) is 7.04. The molecular weight excluding hydrogens is 418 g/mol. The minimum absolute atomic E-state index is 0.0447. The van der Waals surface area contributed by atoms with Crippen molar-refractivity contribution in [3.05, 3.63) is 59.7 Å². The summed E-state index contributed by atoms with van der Waals surface area (Å²) in [5, 5.41) is 6.00. The van der Waals surface area contributed by atoms with E-state index in [-0.39, 0.29) is 23.8 Å². The fourth-order valence-corrected chi connectivity index (χ4v) is 4.67. The van der Waals surface area contributed by atoms with Crippen LogP contribution in [0.25, 0.3) is 0 Å². The Labute approximate surface area is 194 Å². The number of anilines is 1. The highest BCUT2D eigenvalue weighted by molar-refractivity contribution is 6.05. The van der Waals surface area contributed by atoms with Crippen molar-refractivity contribution in [2.75, 3.05) is 19.0 Å². The highest BCUT2D eigenvalue weighted by Gasteiger charge is 2.35. The van der Waals surface area contributed by atoms with E-state index in [2.05, 4.69) is 10.6 Å². The summed E-state index contributed by atoms with van der Waals surface area (Å²) in [6.45, 7) is 0.560. The van der Waals surface area contributed by atoms with Gasteiger partial charge < -0.3 is 20.3 Å². The fraction of sp³-hybridized carbons (Fsp3) is 0.423. The van der Waals surface area contributed by atoms with Crippen molar-refractivity contribution in [2.45, 2.75) is 57.0 Å². The van der Waals surface area contributed by atoms with Crippen LogP contribution in [0.4, 0.5) is 5.69 Å². The number of ether oxygens (including phenoxy) is 1. The molecule has 1 atom stereocenters. The molecule has 0 radical (unpaired) electrons. The van der Waals surface area contributed by atoms with Crippen LogP contribution in [0.3, 0.4) is 0 Å². The number of likely N-dealkylation sites (tertiary alicyclic amines) is 1. The highest BCUT2D eigenvalue weighted by atomic mass is 16.5. The van der Waals surface area contributed by atoms with Crippen molar-refractivity contribution in [1.29, 1.82) is 0 Å². The van der Waals surface area contributed by atoms with Crippen LogP contribution >= 0.6 is 0 Å². The highest BCUT2D eigenvalue weighted by Crippen LogP contribution is 2.24. The lowest BCUT2D eigenvalue weighted by Crippen LogP contribution is -2.49. The summed E-state index contributed by atoms with van der Waals surface area (Å²) in [6, 6.07) is 13.5. The third-order valence-corrected chi connectivity index (χ3v) is 6.49. The van der Waals surface area contributed by atoms with E-state index in [1.807, 2.05) is 0 Å². The van der Waals surface area contributed by atoms with E-state index in [0.29, 0.717) is 35.5 Å². The zero-order chi connectivity index (χ0) is 23.2. The SMILES string of the molecule is COc1ccc(C(=O)Nc2cccc(C(=O)N3CCCC3C(=O)NC3CCCCC3)c2)cc1. The molecule has 2 aliphatic rings. The molecule has 0 spiro atoms. The molecule has 0 aromatic heterocycles. The van der Waals surface area contributed by atoms with Crippen LogP contribution in [0, 0.1) is 0 Å². The number of rotatable bonds is 6. The summed E-state index contributed by atoms with van der Waals surface area (Å²) in [7, 11) is 1.57. The molecule has 33 heavy (non-hydrogen) atoms. The Bertz CT molecular complexity index is 999. The minimum Gasteiger partial charge on any atom is -0.497 e. The first-order chi connectivity index (χ1) is 16.0. The first-order valence-corrected chi connectivity index (χ1v) is 11.7. The lowest BCUT2D eigenvalue weighted by Gasteiger charge is -2.28. The molecule has 0 bridgehead atoms. The van der Waals surface area contributed by atoms with Gasteiger partial charge in [0.25, 0.3) is 11.8 Å². The quantitative estimate of drug-likeness (QED) is 0.698. The molecule has 2 aromatic rings. The van der Waals surface area contributed by atoms with E-state index in [9.17, 15) is 14.4 Å². The summed E-state index contributed by atoms with van der Waals surface area (Å²) in [5.41, 5.74) is 1.48. The molecule has 1 saturated carbocycles. The Balaban J connectivity index is 1.41. The van der Waals surface area contributed by atoms with Crippen LogP contribution in [-0.2, 0) is 4.79 Å². The molecule has 7 heteroatoms. The van der Waals surface area contributed by atoms with E-state index >= 15 is 0 Å². The van der Waals surface area contributed by atoms with Gasteiger partial charge in [0.05, 0.1) is 7.11 Å². The Morgan fingerprint density at radius 1 is 0.909 bits per heavy atom. The normalized spacial score (nSPS) is 18.6. The minimum atomic E-state index is -0.433. The van der Waals surface area contributed by atoms with Crippen LogP contribution in [0.5, 0.6) is 5.75 Å². The van der Waals surface area contributed by atoms with E-state index < -0.39 is 6.04 Å². The average molecular weight is 450 g/mol. The first kappa shape index (κ1) is 22.8. The molecule has 2 N–H and O–H groups in total. The molecule has 1 aliphatic carbocycles. The lowest BCUT2D eigenvalue weighted by molar-refractivity contribution is -0.125. The van der Waals surface area contributed by atoms with Crippen molar-refractivity contribution >= 4 is 23.4 Å². The van der Waals surface area contributed by atoms with Crippen LogP contribution in [0.1, 0.15) is 65.7 Å². The van der Waals surface area contributed by atoms with Crippen molar-refractivity contribution in [3.8, 4) is 5.75 Å². The number of benzene rings is 2. The maximum Gasteiger partial charge on any atom is 0.255 e. The van der Waals surface area contributed by atoms with Gasteiger partial charge in [-0.15, -0.1) is 0 Å². The summed E-state index contributed by atoms with van der Waals surface area (Å²) in [5.74, 6) is 0.175. The topological polar surface area (TPSA) is 87.7 Å². The molecule has 2 fully saturated rings. The number of amides is 3. The Hall–Kier alpha value is -3.35. The molecule has 7 nitrogen and oxygen atoms in total. The van der Waals surface area contributed by atoms with Gasteiger partial charge in [-0.3, -0.25) is 14.4 Å².